The average molecular weight is 386 g/mol. The molecule has 3 aromatic rings. The van der Waals surface area contributed by atoms with Crippen molar-refractivity contribution in [1.29, 1.82) is 0 Å². The Bertz CT molecular complexity index is 1170. The lowest BCUT2D eigenvalue weighted by molar-refractivity contribution is -0.115. The molecule has 0 atom stereocenters. The van der Waals surface area contributed by atoms with E-state index in [0.717, 1.165) is 0 Å². The lowest BCUT2D eigenvalue weighted by Gasteiger charge is -2.09. The van der Waals surface area contributed by atoms with Crippen molar-refractivity contribution in [3.05, 3.63) is 64.6 Å². The topological polar surface area (TPSA) is 110 Å². The maximum atomic E-state index is 12.4. The molecular weight excluding hydrogens is 368 g/mol. The van der Waals surface area contributed by atoms with E-state index in [1.807, 2.05) is 0 Å². The average Bonchev–Trinajstić information content (AvgIpc) is 2.66. The quantitative estimate of drug-likeness (QED) is 0.680. The van der Waals surface area contributed by atoms with Gasteiger partial charge in [-0.3, -0.25) is 9.59 Å². The molecule has 8 nitrogen and oxygen atoms in total. The molecule has 0 saturated carbocycles. The summed E-state index contributed by atoms with van der Waals surface area (Å²) in [5.41, 5.74) is 0.722. The van der Waals surface area contributed by atoms with Gasteiger partial charge in [0.1, 0.15) is 0 Å². The van der Waals surface area contributed by atoms with Gasteiger partial charge in [0.2, 0.25) is 15.9 Å². The molecule has 2 aromatic carbocycles. The number of sulfonamides is 1. The van der Waals surface area contributed by atoms with E-state index in [0.29, 0.717) is 22.2 Å². The molecule has 1 heterocycles. The SMILES string of the molecule is CNS(=O)(=O)c1ccc(NC(=O)Cc2nn(C)c(=O)c3ccccc23)cc1. The number of aromatic nitrogens is 2. The highest BCUT2D eigenvalue weighted by atomic mass is 32.2. The summed E-state index contributed by atoms with van der Waals surface area (Å²) in [6, 6.07) is 12.8. The second kappa shape index (κ2) is 7.29. The van der Waals surface area contributed by atoms with Gasteiger partial charge in [-0.25, -0.2) is 17.8 Å². The molecule has 0 radical (unpaired) electrons. The molecule has 0 aliphatic heterocycles. The maximum absolute atomic E-state index is 12.4. The molecule has 9 heteroatoms. The van der Waals surface area contributed by atoms with Gasteiger partial charge in [-0.05, 0) is 37.4 Å². The predicted octanol–water partition coefficient (Wildman–Crippen LogP) is 1.02. The first-order chi connectivity index (χ1) is 12.8. The Balaban J connectivity index is 1.82. The highest BCUT2D eigenvalue weighted by molar-refractivity contribution is 7.89. The van der Waals surface area contributed by atoms with Crippen LogP contribution in [0.5, 0.6) is 0 Å². The third kappa shape index (κ3) is 3.88. The van der Waals surface area contributed by atoms with Gasteiger partial charge in [-0.15, -0.1) is 0 Å². The van der Waals surface area contributed by atoms with Crippen LogP contribution in [0.25, 0.3) is 10.8 Å². The van der Waals surface area contributed by atoms with Crippen molar-refractivity contribution in [2.24, 2.45) is 7.05 Å². The van der Waals surface area contributed by atoms with Crippen LogP contribution in [0.1, 0.15) is 5.69 Å². The van der Waals surface area contributed by atoms with Gasteiger partial charge in [0.05, 0.1) is 22.4 Å². The Morgan fingerprint density at radius 1 is 1.07 bits per heavy atom. The molecule has 2 N–H and O–H groups in total. The molecule has 0 spiro atoms. The molecular formula is C18H18N4O4S. The fourth-order valence-electron chi connectivity index (χ4n) is 2.70. The van der Waals surface area contributed by atoms with E-state index in [4.69, 9.17) is 0 Å². The number of amides is 1. The zero-order valence-electron chi connectivity index (χ0n) is 14.8. The van der Waals surface area contributed by atoms with Crippen molar-refractivity contribution in [1.82, 2.24) is 14.5 Å². The molecule has 27 heavy (non-hydrogen) atoms. The summed E-state index contributed by atoms with van der Waals surface area (Å²) in [6.45, 7) is 0. The summed E-state index contributed by atoms with van der Waals surface area (Å²) in [5, 5.41) is 8.03. The van der Waals surface area contributed by atoms with Crippen molar-refractivity contribution < 1.29 is 13.2 Å². The summed E-state index contributed by atoms with van der Waals surface area (Å²) >= 11 is 0. The van der Waals surface area contributed by atoms with Crippen molar-refractivity contribution in [2.45, 2.75) is 11.3 Å². The van der Waals surface area contributed by atoms with Gasteiger partial charge in [0, 0.05) is 18.1 Å². The highest BCUT2D eigenvalue weighted by Crippen LogP contribution is 2.16. The summed E-state index contributed by atoms with van der Waals surface area (Å²) in [5.74, 6) is -0.324. The lowest BCUT2D eigenvalue weighted by Crippen LogP contribution is -2.24. The first-order valence-electron chi connectivity index (χ1n) is 8.10. The van der Waals surface area contributed by atoms with Crippen LogP contribution in [0.15, 0.2) is 58.2 Å². The predicted molar refractivity (Wildman–Crippen MR) is 102 cm³/mol. The molecule has 0 aliphatic carbocycles. The van der Waals surface area contributed by atoms with Crippen LogP contribution in [0.4, 0.5) is 5.69 Å². The maximum Gasteiger partial charge on any atom is 0.274 e. The van der Waals surface area contributed by atoms with E-state index >= 15 is 0 Å². The Hall–Kier alpha value is -3.04. The van der Waals surface area contributed by atoms with Crippen LogP contribution < -0.4 is 15.6 Å². The number of fused-ring (bicyclic) bond motifs is 1. The fourth-order valence-corrected chi connectivity index (χ4v) is 3.43. The second-order valence-corrected chi connectivity index (χ2v) is 7.76. The number of hydrogen-bond acceptors (Lipinski definition) is 5. The highest BCUT2D eigenvalue weighted by Gasteiger charge is 2.14. The molecule has 1 amide bonds. The second-order valence-electron chi connectivity index (χ2n) is 5.88. The Morgan fingerprint density at radius 3 is 2.33 bits per heavy atom. The number of hydrogen-bond donors (Lipinski definition) is 2. The van der Waals surface area contributed by atoms with Crippen LogP contribution in [0, 0.1) is 0 Å². The van der Waals surface area contributed by atoms with Crippen molar-refractivity contribution in [2.75, 3.05) is 12.4 Å². The lowest BCUT2D eigenvalue weighted by atomic mass is 10.1. The minimum atomic E-state index is -3.53. The van der Waals surface area contributed by atoms with Gasteiger partial charge in [0.15, 0.2) is 0 Å². The Kier molecular flexibility index (Phi) is 5.06. The van der Waals surface area contributed by atoms with Crippen LogP contribution >= 0.6 is 0 Å². The van der Waals surface area contributed by atoms with E-state index in [9.17, 15) is 18.0 Å². The van der Waals surface area contributed by atoms with Crippen LogP contribution in [-0.4, -0.2) is 31.2 Å². The number of benzene rings is 2. The van der Waals surface area contributed by atoms with Crippen LogP contribution in [0.3, 0.4) is 0 Å². The monoisotopic (exact) mass is 386 g/mol. The molecule has 0 saturated heterocycles. The number of nitrogens with one attached hydrogen (secondary N) is 2. The summed E-state index contributed by atoms with van der Waals surface area (Å²) < 4.78 is 26.9. The molecule has 0 bridgehead atoms. The Morgan fingerprint density at radius 2 is 1.70 bits per heavy atom. The molecule has 0 unspecified atom stereocenters. The minimum absolute atomic E-state index is 0.0226. The smallest absolute Gasteiger partial charge is 0.274 e. The van der Waals surface area contributed by atoms with E-state index in [1.54, 1.807) is 24.3 Å². The number of carbonyl (C=O) groups is 1. The first-order valence-corrected chi connectivity index (χ1v) is 9.58. The summed E-state index contributed by atoms with van der Waals surface area (Å²) in [7, 11) is -0.663. The first kappa shape index (κ1) is 18.7. The molecule has 0 fully saturated rings. The number of carbonyl (C=O) groups excluding carboxylic acids is 1. The molecule has 1 aromatic heterocycles. The van der Waals surface area contributed by atoms with E-state index < -0.39 is 10.0 Å². The zero-order valence-corrected chi connectivity index (χ0v) is 15.6. The normalized spacial score (nSPS) is 11.5. The third-order valence-corrected chi connectivity index (χ3v) is 5.51. The van der Waals surface area contributed by atoms with Crippen molar-refractivity contribution >= 4 is 32.4 Å². The number of rotatable bonds is 5. The van der Waals surface area contributed by atoms with E-state index in [2.05, 4.69) is 15.1 Å². The number of anilines is 1. The van der Waals surface area contributed by atoms with Gasteiger partial charge in [-0.2, -0.15) is 5.10 Å². The standard InChI is InChI=1S/C18H18N4O4S/c1-19-27(25,26)13-9-7-12(8-10-13)20-17(23)11-16-14-5-3-4-6-15(14)18(24)22(2)21-16/h3-10,19H,11H2,1-2H3,(H,20,23). The summed E-state index contributed by atoms with van der Waals surface area (Å²) in [6.07, 6.45) is -0.0226. The van der Waals surface area contributed by atoms with Crippen molar-refractivity contribution in [3.8, 4) is 0 Å². The third-order valence-electron chi connectivity index (χ3n) is 4.08. The van der Waals surface area contributed by atoms with Crippen LogP contribution in [0.2, 0.25) is 0 Å². The van der Waals surface area contributed by atoms with Gasteiger partial charge >= 0.3 is 0 Å². The zero-order chi connectivity index (χ0) is 19.6. The minimum Gasteiger partial charge on any atom is -0.326 e. The number of nitrogens with zero attached hydrogens (tertiary/aromatic N) is 2. The van der Waals surface area contributed by atoms with E-state index in [1.165, 1.54) is 43.0 Å². The van der Waals surface area contributed by atoms with E-state index in [-0.39, 0.29) is 22.8 Å². The van der Waals surface area contributed by atoms with Gasteiger partial charge < -0.3 is 5.32 Å². The van der Waals surface area contributed by atoms with Crippen LogP contribution in [-0.2, 0) is 28.3 Å². The molecule has 0 aliphatic rings. The van der Waals surface area contributed by atoms with Crippen molar-refractivity contribution in [3.63, 3.8) is 0 Å². The Labute approximate surface area is 155 Å². The molecule has 140 valence electrons. The van der Waals surface area contributed by atoms with Gasteiger partial charge in [0.25, 0.3) is 5.56 Å². The van der Waals surface area contributed by atoms with Gasteiger partial charge in [-0.1, -0.05) is 18.2 Å². The number of aryl methyl sites for hydroxylation is 1. The largest absolute Gasteiger partial charge is 0.326 e. The summed E-state index contributed by atoms with van der Waals surface area (Å²) in [4.78, 5) is 24.6. The fraction of sp³-hybridized carbons (Fsp3) is 0.167. The molecule has 3 rings (SSSR count).